The lowest BCUT2D eigenvalue weighted by Crippen LogP contribution is -2.17. The molecule has 112 valence electrons. The molecule has 1 atom stereocenters. The molecule has 1 aromatic heterocycles. The molecule has 0 amide bonds. The molecule has 21 heavy (non-hydrogen) atoms. The maximum absolute atomic E-state index is 12.2. The van der Waals surface area contributed by atoms with Gasteiger partial charge in [0.15, 0.2) is 0 Å². The van der Waals surface area contributed by atoms with Crippen LogP contribution >= 0.6 is 0 Å². The van der Waals surface area contributed by atoms with Crippen LogP contribution in [0.1, 0.15) is 17.4 Å². The van der Waals surface area contributed by atoms with Gasteiger partial charge in [-0.15, -0.1) is 13.2 Å². The van der Waals surface area contributed by atoms with Gasteiger partial charge in [0.05, 0.1) is 7.11 Å². The highest BCUT2D eigenvalue weighted by atomic mass is 19.4. The highest BCUT2D eigenvalue weighted by molar-refractivity contribution is 5.35. The van der Waals surface area contributed by atoms with Crippen molar-refractivity contribution >= 4 is 0 Å². The Bertz CT molecular complexity index is 620. The van der Waals surface area contributed by atoms with Crippen molar-refractivity contribution in [3.05, 3.63) is 47.9 Å². The molecule has 2 aromatic rings. The molecule has 5 nitrogen and oxygen atoms in total. The molecule has 1 N–H and O–H groups in total. The first-order valence-corrected chi connectivity index (χ1v) is 5.79. The lowest BCUT2D eigenvalue weighted by Gasteiger charge is -2.14. The third-order valence-electron chi connectivity index (χ3n) is 2.55. The van der Waals surface area contributed by atoms with Crippen LogP contribution in [0.2, 0.25) is 0 Å². The highest BCUT2D eigenvalue weighted by Crippen LogP contribution is 2.30. The maximum atomic E-state index is 12.2. The molecule has 1 unspecified atom stereocenters. The van der Waals surface area contributed by atoms with Crippen LogP contribution in [0.5, 0.6) is 11.6 Å². The van der Waals surface area contributed by atoms with Gasteiger partial charge in [0, 0.05) is 12.4 Å². The minimum Gasteiger partial charge on any atom is -0.480 e. The number of halogens is 3. The monoisotopic (exact) mass is 300 g/mol. The Labute approximate surface area is 118 Å². The number of aliphatic hydroxyl groups is 1. The summed E-state index contributed by atoms with van der Waals surface area (Å²) in [7, 11) is 1.35. The number of nitrogens with zero attached hydrogens (tertiary/aromatic N) is 2. The van der Waals surface area contributed by atoms with E-state index in [0.717, 1.165) is 12.1 Å². The van der Waals surface area contributed by atoms with Crippen LogP contribution in [0.3, 0.4) is 0 Å². The van der Waals surface area contributed by atoms with E-state index >= 15 is 0 Å². The summed E-state index contributed by atoms with van der Waals surface area (Å²) >= 11 is 0. The van der Waals surface area contributed by atoms with Crippen LogP contribution < -0.4 is 9.47 Å². The average Bonchev–Trinajstić information content (AvgIpc) is 2.45. The van der Waals surface area contributed by atoms with Crippen LogP contribution in [0, 0.1) is 0 Å². The van der Waals surface area contributed by atoms with E-state index in [1.54, 1.807) is 0 Å². The molecule has 2 rings (SSSR count). The summed E-state index contributed by atoms with van der Waals surface area (Å²) in [5.74, 6) is -0.339. The van der Waals surface area contributed by atoms with Crippen molar-refractivity contribution in [3.63, 3.8) is 0 Å². The van der Waals surface area contributed by atoms with Crippen LogP contribution in [-0.2, 0) is 0 Å². The SMILES string of the molecule is COc1nccnc1C(O)c1cccc(OC(F)(F)F)c1. The van der Waals surface area contributed by atoms with E-state index in [4.69, 9.17) is 4.74 Å². The summed E-state index contributed by atoms with van der Waals surface area (Å²) in [6, 6.07) is 4.99. The summed E-state index contributed by atoms with van der Waals surface area (Å²) in [5.41, 5.74) is 0.278. The Morgan fingerprint density at radius 2 is 1.90 bits per heavy atom. The van der Waals surface area contributed by atoms with Crippen molar-refractivity contribution in [2.45, 2.75) is 12.5 Å². The molecule has 0 saturated heterocycles. The fourth-order valence-corrected chi connectivity index (χ4v) is 1.72. The van der Waals surface area contributed by atoms with Crippen molar-refractivity contribution in [1.82, 2.24) is 9.97 Å². The zero-order chi connectivity index (χ0) is 15.5. The van der Waals surface area contributed by atoms with Gasteiger partial charge < -0.3 is 14.6 Å². The molecular formula is C13H11F3N2O3. The molecule has 8 heteroatoms. The van der Waals surface area contributed by atoms with Gasteiger partial charge in [-0.1, -0.05) is 12.1 Å². The van der Waals surface area contributed by atoms with Crippen molar-refractivity contribution in [2.24, 2.45) is 0 Å². The first-order chi connectivity index (χ1) is 9.90. The van der Waals surface area contributed by atoms with Crippen LogP contribution in [0.25, 0.3) is 0 Å². The molecule has 1 aromatic carbocycles. The Balaban J connectivity index is 2.31. The second-order valence-corrected chi connectivity index (χ2v) is 3.97. The molecule has 0 aliphatic carbocycles. The van der Waals surface area contributed by atoms with E-state index in [-0.39, 0.29) is 17.1 Å². The number of hydrogen-bond acceptors (Lipinski definition) is 5. The molecule has 1 heterocycles. The fraction of sp³-hybridized carbons (Fsp3) is 0.231. The van der Waals surface area contributed by atoms with Crippen LogP contribution in [-0.4, -0.2) is 28.5 Å². The van der Waals surface area contributed by atoms with Gasteiger partial charge in [-0.3, -0.25) is 4.98 Å². The lowest BCUT2D eigenvalue weighted by atomic mass is 10.1. The number of hydrogen-bond donors (Lipinski definition) is 1. The predicted octanol–water partition coefficient (Wildman–Crippen LogP) is 2.47. The smallest absolute Gasteiger partial charge is 0.480 e. The minimum absolute atomic E-state index is 0.0899. The van der Waals surface area contributed by atoms with Crippen LogP contribution in [0.15, 0.2) is 36.7 Å². The number of alkyl halides is 3. The van der Waals surface area contributed by atoms with Gasteiger partial charge in [-0.2, -0.15) is 0 Å². The second kappa shape index (κ2) is 5.96. The van der Waals surface area contributed by atoms with E-state index in [9.17, 15) is 18.3 Å². The first kappa shape index (κ1) is 15.0. The zero-order valence-electron chi connectivity index (χ0n) is 10.8. The third kappa shape index (κ3) is 3.82. The topological polar surface area (TPSA) is 64.5 Å². The van der Waals surface area contributed by atoms with Gasteiger partial charge in [0.1, 0.15) is 17.5 Å². The summed E-state index contributed by atoms with van der Waals surface area (Å²) in [6.07, 6.45) is -3.37. The normalized spacial score (nSPS) is 12.8. The van der Waals surface area contributed by atoms with E-state index in [1.807, 2.05) is 0 Å². The molecule has 0 fully saturated rings. The molecule has 0 aliphatic heterocycles. The molecular weight excluding hydrogens is 289 g/mol. The van der Waals surface area contributed by atoms with Crippen molar-refractivity contribution in [2.75, 3.05) is 7.11 Å². The van der Waals surface area contributed by atoms with Crippen LogP contribution in [0.4, 0.5) is 13.2 Å². The number of ether oxygens (including phenoxy) is 2. The van der Waals surface area contributed by atoms with E-state index in [0.29, 0.717) is 0 Å². The summed E-state index contributed by atoms with van der Waals surface area (Å²) in [4.78, 5) is 7.80. The number of aromatic nitrogens is 2. The van der Waals surface area contributed by atoms with Crippen molar-refractivity contribution in [1.29, 1.82) is 0 Å². The maximum Gasteiger partial charge on any atom is 0.573 e. The Morgan fingerprint density at radius 1 is 1.19 bits per heavy atom. The summed E-state index contributed by atoms with van der Waals surface area (Å²) < 4.78 is 45.3. The Kier molecular flexibility index (Phi) is 4.27. The number of methoxy groups -OCH3 is 1. The highest BCUT2D eigenvalue weighted by Gasteiger charge is 2.31. The predicted molar refractivity (Wildman–Crippen MR) is 65.8 cm³/mol. The molecule has 0 aliphatic rings. The largest absolute Gasteiger partial charge is 0.573 e. The standard InChI is InChI=1S/C13H11F3N2O3/c1-20-12-10(17-5-6-18-12)11(19)8-3-2-4-9(7-8)21-13(14,15)16/h2-7,11,19H,1H3. The first-order valence-electron chi connectivity index (χ1n) is 5.79. The minimum atomic E-state index is -4.80. The average molecular weight is 300 g/mol. The van der Waals surface area contributed by atoms with Crippen molar-refractivity contribution < 1.29 is 27.8 Å². The molecule has 0 radical (unpaired) electrons. The molecule has 0 bridgehead atoms. The third-order valence-corrected chi connectivity index (χ3v) is 2.55. The zero-order valence-corrected chi connectivity index (χ0v) is 10.8. The number of aliphatic hydroxyl groups excluding tert-OH is 1. The second-order valence-electron chi connectivity index (χ2n) is 3.97. The van der Waals surface area contributed by atoms with Gasteiger partial charge in [-0.05, 0) is 17.7 Å². The quantitative estimate of drug-likeness (QED) is 0.939. The van der Waals surface area contributed by atoms with Gasteiger partial charge in [0.25, 0.3) is 0 Å². The Hall–Kier alpha value is -2.35. The number of rotatable bonds is 4. The molecule has 0 spiro atoms. The lowest BCUT2D eigenvalue weighted by molar-refractivity contribution is -0.274. The summed E-state index contributed by atoms with van der Waals surface area (Å²) in [5, 5.41) is 10.2. The van der Waals surface area contributed by atoms with Gasteiger partial charge in [0.2, 0.25) is 5.88 Å². The molecule has 0 saturated carbocycles. The van der Waals surface area contributed by atoms with E-state index in [1.165, 1.54) is 31.6 Å². The number of benzene rings is 1. The van der Waals surface area contributed by atoms with E-state index < -0.39 is 18.2 Å². The Morgan fingerprint density at radius 3 is 2.57 bits per heavy atom. The van der Waals surface area contributed by atoms with Gasteiger partial charge >= 0.3 is 6.36 Å². The van der Waals surface area contributed by atoms with E-state index in [2.05, 4.69) is 14.7 Å². The fourth-order valence-electron chi connectivity index (χ4n) is 1.72. The van der Waals surface area contributed by atoms with Gasteiger partial charge in [-0.25, -0.2) is 4.98 Å². The summed E-state index contributed by atoms with van der Waals surface area (Å²) in [6.45, 7) is 0. The van der Waals surface area contributed by atoms with Crippen molar-refractivity contribution in [3.8, 4) is 11.6 Å².